The number of carbonyl (C=O) groups excluding carboxylic acids is 3. The Hall–Kier alpha value is -2.03. The Labute approximate surface area is 198 Å². The number of hydrogen-bond acceptors (Lipinski definition) is 5. The van der Waals surface area contributed by atoms with Gasteiger partial charge in [0.15, 0.2) is 0 Å². The largest absolute Gasteiger partial charge is 0.376 e. The van der Waals surface area contributed by atoms with E-state index in [2.05, 4.69) is 25.0 Å². The first-order chi connectivity index (χ1) is 15.5. The number of ether oxygens (including phenoxy) is 2. The van der Waals surface area contributed by atoms with Crippen LogP contribution in [0.1, 0.15) is 44.6 Å². The number of imide groups is 1. The summed E-state index contributed by atoms with van der Waals surface area (Å²) in [5.41, 5.74) is -0.289. The molecule has 2 fully saturated rings. The van der Waals surface area contributed by atoms with Crippen LogP contribution in [-0.2, 0) is 25.7 Å². The van der Waals surface area contributed by atoms with E-state index in [-0.39, 0.29) is 23.8 Å². The number of nitrogens with zero attached hydrogens (tertiary/aromatic N) is 1. The molecule has 1 saturated heterocycles. The van der Waals surface area contributed by atoms with E-state index in [9.17, 15) is 14.4 Å². The number of amides is 3. The second-order valence-corrected chi connectivity index (χ2v) is 16.7. The zero-order chi connectivity index (χ0) is 24.1. The minimum Gasteiger partial charge on any atom is -0.376 e. The van der Waals surface area contributed by atoms with Crippen molar-refractivity contribution < 1.29 is 23.9 Å². The van der Waals surface area contributed by atoms with Crippen LogP contribution in [-0.4, -0.2) is 56.2 Å². The molecule has 1 aliphatic heterocycles. The maximum absolute atomic E-state index is 13.3. The lowest BCUT2D eigenvalue weighted by Gasteiger charge is -2.41. The second-order valence-electron chi connectivity index (χ2n) is 11.0. The van der Waals surface area contributed by atoms with E-state index in [1.807, 2.05) is 30.3 Å². The maximum Gasteiger partial charge on any atom is 0.326 e. The summed E-state index contributed by atoms with van der Waals surface area (Å²) in [4.78, 5) is 39.0. The molecule has 7 nitrogen and oxygen atoms in total. The summed E-state index contributed by atoms with van der Waals surface area (Å²) in [6.07, 6.45) is 2.73. The lowest BCUT2D eigenvalue weighted by atomic mass is 9.67. The van der Waals surface area contributed by atoms with Crippen molar-refractivity contribution in [1.29, 1.82) is 0 Å². The van der Waals surface area contributed by atoms with Gasteiger partial charge in [-0.3, -0.25) is 9.59 Å². The van der Waals surface area contributed by atoms with Gasteiger partial charge >= 0.3 is 6.03 Å². The average Bonchev–Trinajstić information content (AvgIpc) is 2.95. The first kappa shape index (κ1) is 25.6. The lowest BCUT2D eigenvalue weighted by Crippen LogP contribution is -2.50. The highest BCUT2D eigenvalue weighted by atomic mass is 28.3. The number of nitrogens with one attached hydrogen (secondary N) is 1. The van der Waals surface area contributed by atoms with E-state index >= 15 is 0 Å². The average molecular weight is 475 g/mol. The van der Waals surface area contributed by atoms with Crippen LogP contribution in [0.3, 0.4) is 0 Å². The topological polar surface area (TPSA) is 84.9 Å². The van der Waals surface area contributed by atoms with Crippen molar-refractivity contribution in [3.05, 3.63) is 35.9 Å². The molecular formula is C25H38N2O5Si. The smallest absolute Gasteiger partial charge is 0.326 e. The molecule has 1 aromatic carbocycles. The Bertz CT molecular complexity index is 844. The molecule has 2 aliphatic rings. The molecule has 1 atom stereocenters. The predicted octanol–water partition coefficient (Wildman–Crippen LogP) is 4.35. The number of rotatable bonds is 11. The number of hydrogen-bond donors (Lipinski definition) is 1. The standard InChI is InChI=1S/C25H38N2O5Si/c1-24(22(29)27(23(30)26-24)19-31-14-15-33(2,3)4)17-25(12-10-21(28)11-13-25)18-32-16-20-8-6-5-7-9-20/h5-9H,10-19H2,1-4H3,(H,26,30)/t24-/m0/s1. The number of Topliss-reactive ketones (excluding diaryl/α,β-unsaturated/α-hetero) is 1. The number of ketones is 1. The monoisotopic (exact) mass is 474 g/mol. The van der Waals surface area contributed by atoms with E-state index < -0.39 is 19.6 Å². The van der Waals surface area contributed by atoms with Crippen molar-refractivity contribution in [3.8, 4) is 0 Å². The summed E-state index contributed by atoms with van der Waals surface area (Å²) < 4.78 is 11.8. The Balaban J connectivity index is 1.63. The number of carbonyl (C=O) groups is 3. The van der Waals surface area contributed by atoms with E-state index in [4.69, 9.17) is 9.47 Å². The van der Waals surface area contributed by atoms with Crippen LogP contribution in [0.5, 0.6) is 0 Å². The van der Waals surface area contributed by atoms with Crippen LogP contribution < -0.4 is 5.32 Å². The van der Waals surface area contributed by atoms with Gasteiger partial charge in [-0.25, -0.2) is 9.69 Å². The first-order valence-electron chi connectivity index (χ1n) is 11.9. The van der Waals surface area contributed by atoms with Gasteiger partial charge < -0.3 is 14.8 Å². The molecule has 182 valence electrons. The van der Waals surface area contributed by atoms with Gasteiger partial charge in [0.25, 0.3) is 5.91 Å². The third-order valence-corrected chi connectivity index (χ3v) is 8.38. The van der Waals surface area contributed by atoms with Crippen LogP contribution in [0.2, 0.25) is 25.7 Å². The number of benzene rings is 1. The van der Waals surface area contributed by atoms with Crippen LogP contribution in [0.4, 0.5) is 4.79 Å². The highest BCUT2D eigenvalue weighted by molar-refractivity contribution is 6.76. The molecule has 0 aromatic heterocycles. The highest BCUT2D eigenvalue weighted by Gasteiger charge is 2.52. The second kappa shape index (κ2) is 10.5. The van der Waals surface area contributed by atoms with Gasteiger partial charge in [0, 0.05) is 27.5 Å². The zero-order valence-corrected chi connectivity index (χ0v) is 21.4. The third kappa shape index (κ3) is 6.98. The molecule has 1 aliphatic carbocycles. The van der Waals surface area contributed by atoms with Crippen LogP contribution in [0.15, 0.2) is 30.3 Å². The molecule has 1 heterocycles. The third-order valence-electron chi connectivity index (χ3n) is 6.68. The van der Waals surface area contributed by atoms with Crippen molar-refractivity contribution in [2.75, 3.05) is 19.9 Å². The van der Waals surface area contributed by atoms with Crippen molar-refractivity contribution in [2.45, 2.75) is 76.9 Å². The summed E-state index contributed by atoms with van der Waals surface area (Å²) in [6.45, 7) is 10.00. The van der Waals surface area contributed by atoms with Crippen LogP contribution in [0.25, 0.3) is 0 Å². The molecule has 8 heteroatoms. The van der Waals surface area contributed by atoms with E-state index in [0.29, 0.717) is 51.9 Å². The number of urea groups is 1. The fourth-order valence-corrected chi connectivity index (χ4v) is 5.42. The summed E-state index contributed by atoms with van der Waals surface area (Å²) in [5.74, 6) is -0.0158. The summed E-state index contributed by atoms with van der Waals surface area (Å²) in [7, 11) is -1.25. The lowest BCUT2D eigenvalue weighted by molar-refractivity contribution is -0.136. The summed E-state index contributed by atoms with van der Waals surface area (Å²) >= 11 is 0. The van der Waals surface area contributed by atoms with Crippen molar-refractivity contribution in [1.82, 2.24) is 10.2 Å². The molecule has 3 rings (SSSR count). The first-order valence-corrected chi connectivity index (χ1v) is 15.6. The molecular weight excluding hydrogens is 436 g/mol. The Morgan fingerprint density at radius 2 is 1.70 bits per heavy atom. The Morgan fingerprint density at radius 3 is 2.33 bits per heavy atom. The van der Waals surface area contributed by atoms with Crippen LogP contribution in [0, 0.1) is 5.41 Å². The van der Waals surface area contributed by atoms with Gasteiger partial charge in [0.1, 0.15) is 18.1 Å². The normalized spacial score (nSPS) is 23.2. The molecule has 3 amide bonds. The van der Waals surface area contributed by atoms with Crippen molar-refractivity contribution in [3.63, 3.8) is 0 Å². The molecule has 0 bridgehead atoms. The summed E-state index contributed by atoms with van der Waals surface area (Å²) in [6, 6.07) is 10.5. The SMILES string of the molecule is C[C@@]1(CC2(COCc3ccccc3)CCC(=O)CC2)NC(=O)N(COCC[Si](C)(C)C)C1=O. The van der Waals surface area contributed by atoms with Crippen molar-refractivity contribution in [2.24, 2.45) is 5.41 Å². The molecule has 1 saturated carbocycles. The van der Waals surface area contributed by atoms with Crippen molar-refractivity contribution >= 4 is 25.8 Å². The molecule has 0 spiro atoms. The Kier molecular flexibility index (Phi) is 8.13. The Morgan fingerprint density at radius 1 is 1.03 bits per heavy atom. The quantitative estimate of drug-likeness (QED) is 0.293. The molecule has 1 N–H and O–H groups in total. The van der Waals surface area contributed by atoms with Gasteiger partial charge in [-0.1, -0.05) is 50.0 Å². The van der Waals surface area contributed by atoms with E-state index in [1.165, 1.54) is 4.90 Å². The fourth-order valence-electron chi connectivity index (χ4n) is 4.66. The van der Waals surface area contributed by atoms with Gasteiger partial charge in [-0.15, -0.1) is 0 Å². The van der Waals surface area contributed by atoms with Gasteiger partial charge in [0.2, 0.25) is 0 Å². The zero-order valence-electron chi connectivity index (χ0n) is 20.4. The van der Waals surface area contributed by atoms with Crippen LogP contribution >= 0.6 is 0 Å². The molecule has 0 unspecified atom stereocenters. The maximum atomic E-state index is 13.3. The van der Waals surface area contributed by atoms with E-state index in [1.54, 1.807) is 6.92 Å². The van der Waals surface area contributed by atoms with Gasteiger partial charge in [0.05, 0.1) is 13.2 Å². The summed E-state index contributed by atoms with van der Waals surface area (Å²) in [5, 5.41) is 2.90. The minimum atomic E-state index is -1.25. The van der Waals surface area contributed by atoms with Gasteiger partial charge in [-0.05, 0) is 43.2 Å². The molecule has 33 heavy (non-hydrogen) atoms. The predicted molar refractivity (Wildman–Crippen MR) is 129 cm³/mol. The highest BCUT2D eigenvalue weighted by Crippen LogP contribution is 2.43. The molecule has 1 aromatic rings. The minimum absolute atomic E-state index is 0.0271. The molecule has 0 radical (unpaired) electrons. The van der Waals surface area contributed by atoms with Gasteiger partial charge in [-0.2, -0.15) is 0 Å². The van der Waals surface area contributed by atoms with E-state index in [0.717, 1.165) is 11.6 Å². The fraction of sp³-hybridized carbons (Fsp3) is 0.640.